The third kappa shape index (κ3) is 6.38. The van der Waals surface area contributed by atoms with Crippen molar-refractivity contribution in [2.75, 3.05) is 0 Å². The molecule has 0 heterocycles. The van der Waals surface area contributed by atoms with Crippen LogP contribution in [0.1, 0.15) is 34.6 Å². The van der Waals surface area contributed by atoms with E-state index in [1.807, 2.05) is 0 Å². The molecule has 0 spiro atoms. The van der Waals surface area contributed by atoms with Gasteiger partial charge in [-0.3, -0.25) is 9.59 Å². The molecule has 0 aliphatic rings. The number of carbonyl (C=O) groups is 3. The Hall–Kier alpha value is -3.43. The molecule has 0 saturated heterocycles. The van der Waals surface area contributed by atoms with Gasteiger partial charge >= 0.3 is 6.16 Å². The first-order valence-corrected chi connectivity index (χ1v) is 7.54. The zero-order chi connectivity index (χ0) is 21.4. The summed E-state index contributed by atoms with van der Waals surface area (Å²) < 4.78 is 60.3. The van der Waals surface area contributed by atoms with Gasteiger partial charge < -0.3 is 14.6 Å². The van der Waals surface area contributed by atoms with Gasteiger partial charge in [0.25, 0.3) is 0 Å². The van der Waals surface area contributed by atoms with Gasteiger partial charge in [0, 0.05) is 24.3 Å². The number of benzene rings is 2. The largest absolute Gasteiger partial charge is 0.514 e. The number of aldehydes is 2. The van der Waals surface area contributed by atoms with E-state index < -0.39 is 52.4 Å². The fourth-order valence-corrected chi connectivity index (χ4v) is 1.73. The first kappa shape index (κ1) is 22.6. The highest BCUT2D eigenvalue weighted by Crippen LogP contribution is 2.20. The summed E-state index contributed by atoms with van der Waals surface area (Å²) in [4.78, 5) is 31.4. The van der Waals surface area contributed by atoms with Crippen molar-refractivity contribution in [1.82, 2.24) is 0 Å². The molecule has 28 heavy (non-hydrogen) atoms. The second-order valence-electron chi connectivity index (χ2n) is 5.38. The molecule has 0 unspecified atom stereocenters. The zero-order valence-electron chi connectivity index (χ0n) is 14.5. The summed E-state index contributed by atoms with van der Waals surface area (Å²) in [7, 11) is 0. The minimum absolute atomic E-state index is 0.0425. The summed E-state index contributed by atoms with van der Waals surface area (Å²) in [5, 5.41) is 8.62. The van der Waals surface area contributed by atoms with Gasteiger partial charge in [-0.2, -0.15) is 0 Å². The number of ether oxygens (including phenoxy) is 2. The van der Waals surface area contributed by atoms with Crippen LogP contribution in [0.3, 0.4) is 0 Å². The fraction of sp³-hybridized carbons (Fsp3) is 0.167. The van der Waals surface area contributed by atoms with E-state index in [4.69, 9.17) is 5.11 Å². The van der Waals surface area contributed by atoms with E-state index in [1.165, 1.54) is 0 Å². The lowest BCUT2D eigenvalue weighted by atomic mass is 10.2. The normalized spacial score (nSPS) is 9.96. The Morgan fingerprint density at radius 1 is 0.893 bits per heavy atom. The molecule has 150 valence electrons. The van der Waals surface area contributed by atoms with Crippen LogP contribution in [-0.2, 0) is 4.74 Å². The first-order valence-electron chi connectivity index (χ1n) is 7.54. The van der Waals surface area contributed by atoms with Gasteiger partial charge in [0.2, 0.25) is 0 Å². The second-order valence-corrected chi connectivity index (χ2v) is 5.38. The van der Waals surface area contributed by atoms with E-state index in [9.17, 15) is 31.9 Å². The summed E-state index contributed by atoms with van der Waals surface area (Å²) in [6, 6.07) is 2.81. The molecule has 0 saturated carbocycles. The Kier molecular flexibility index (Phi) is 8.11. The number of rotatable bonds is 4. The first-order chi connectivity index (χ1) is 13.1. The maximum Gasteiger partial charge on any atom is 0.514 e. The number of phenols is 1. The van der Waals surface area contributed by atoms with Gasteiger partial charge in [0.1, 0.15) is 34.8 Å². The zero-order valence-corrected chi connectivity index (χ0v) is 14.5. The van der Waals surface area contributed by atoms with Crippen molar-refractivity contribution in [3.63, 3.8) is 0 Å². The highest BCUT2D eigenvalue weighted by molar-refractivity contribution is 5.76. The Bertz CT molecular complexity index is 836. The molecule has 2 rings (SSSR count). The maximum atomic E-state index is 13.1. The van der Waals surface area contributed by atoms with E-state index in [-0.39, 0.29) is 18.3 Å². The number of halogens is 4. The molecular weight excluding hydrogens is 388 g/mol. The van der Waals surface area contributed by atoms with Crippen molar-refractivity contribution >= 4 is 18.7 Å². The smallest absolute Gasteiger partial charge is 0.508 e. The van der Waals surface area contributed by atoms with Crippen LogP contribution in [0.4, 0.5) is 22.4 Å². The summed E-state index contributed by atoms with van der Waals surface area (Å²) in [5.74, 6) is -5.23. The Balaban J connectivity index is 0.000000307. The van der Waals surface area contributed by atoms with Crippen LogP contribution in [0.2, 0.25) is 0 Å². The van der Waals surface area contributed by atoms with Crippen LogP contribution in [0.25, 0.3) is 0 Å². The number of hydrogen-bond donors (Lipinski definition) is 1. The molecule has 0 amide bonds. The predicted octanol–water partition coefficient (Wildman–Crippen LogP) is 4.18. The standard InChI is InChI=1S/C11H10F2O4.C7H4F2O2/c1-6(2)16-11(15)17-7-3-9(12)8(5-14)10(13)4-7;8-6-1-4(11)2-7(9)5(6)3-10/h3-6H,1-2H3;1-3,11H. The van der Waals surface area contributed by atoms with Crippen LogP contribution in [-0.4, -0.2) is 29.9 Å². The monoisotopic (exact) mass is 402 g/mol. The molecule has 0 aliphatic carbocycles. The highest BCUT2D eigenvalue weighted by atomic mass is 19.1. The van der Waals surface area contributed by atoms with Crippen molar-refractivity contribution < 1.29 is 46.5 Å². The lowest BCUT2D eigenvalue weighted by Gasteiger charge is -2.08. The average molecular weight is 402 g/mol. The molecule has 2 aromatic rings. The molecule has 0 aromatic heterocycles. The van der Waals surface area contributed by atoms with Gasteiger partial charge in [-0.15, -0.1) is 0 Å². The molecule has 0 atom stereocenters. The molecule has 0 radical (unpaired) electrons. The number of phenolic OH excluding ortho intramolecular Hbond substituents is 1. The summed E-state index contributed by atoms with van der Waals surface area (Å²) >= 11 is 0. The van der Waals surface area contributed by atoms with Gasteiger partial charge in [-0.25, -0.2) is 22.4 Å². The predicted molar refractivity (Wildman–Crippen MR) is 87.4 cm³/mol. The maximum absolute atomic E-state index is 13.1. The minimum atomic E-state index is -1.10. The Morgan fingerprint density at radius 3 is 1.64 bits per heavy atom. The van der Waals surface area contributed by atoms with E-state index in [0.717, 1.165) is 12.1 Å². The lowest BCUT2D eigenvalue weighted by Crippen LogP contribution is -2.16. The molecule has 0 bridgehead atoms. The molecular formula is C18H14F4O6. The lowest BCUT2D eigenvalue weighted by molar-refractivity contribution is 0.0727. The molecule has 0 aliphatic heterocycles. The van der Waals surface area contributed by atoms with Crippen LogP contribution >= 0.6 is 0 Å². The number of aromatic hydroxyl groups is 1. The quantitative estimate of drug-likeness (QED) is 0.357. The van der Waals surface area contributed by atoms with Crippen LogP contribution in [0.15, 0.2) is 24.3 Å². The van der Waals surface area contributed by atoms with Crippen molar-refractivity contribution in [1.29, 1.82) is 0 Å². The van der Waals surface area contributed by atoms with Crippen LogP contribution in [0, 0.1) is 23.3 Å². The van der Waals surface area contributed by atoms with Crippen molar-refractivity contribution in [3.8, 4) is 11.5 Å². The van der Waals surface area contributed by atoms with Crippen LogP contribution < -0.4 is 4.74 Å². The topological polar surface area (TPSA) is 89.9 Å². The van der Waals surface area contributed by atoms with E-state index in [1.54, 1.807) is 13.8 Å². The number of carbonyl (C=O) groups excluding carboxylic acids is 3. The summed E-state index contributed by atoms with van der Waals surface area (Å²) in [6.45, 7) is 3.19. The average Bonchev–Trinajstić information content (AvgIpc) is 2.53. The Morgan fingerprint density at radius 2 is 1.29 bits per heavy atom. The highest BCUT2D eigenvalue weighted by Gasteiger charge is 2.14. The SMILES string of the molecule is CC(C)OC(=O)Oc1cc(F)c(C=O)c(F)c1.O=Cc1c(F)cc(O)cc1F. The van der Waals surface area contributed by atoms with Crippen LogP contribution in [0.5, 0.6) is 11.5 Å². The second kappa shape index (κ2) is 10.0. The van der Waals surface area contributed by atoms with Gasteiger partial charge in [-0.1, -0.05) is 0 Å². The van der Waals surface area contributed by atoms with Crippen molar-refractivity contribution in [2.45, 2.75) is 20.0 Å². The van der Waals surface area contributed by atoms with Crippen molar-refractivity contribution in [3.05, 3.63) is 58.7 Å². The minimum Gasteiger partial charge on any atom is -0.508 e. The van der Waals surface area contributed by atoms with Gasteiger partial charge in [0.15, 0.2) is 12.6 Å². The number of hydrogen-bond acceptors (Lipinski definition) is 6. The fourth-order valence-electron chi connectivity index (χ4n) is 1.73. The molecule has 6 nitrogen and oxygen atoms in total. The van der Waals surface area contributed by atoms with E-state index >= 15 is 0 Å². The van der Waals surface area contributed by atoms with Gasteiger partial charge in [0.05, 0.1) is 17.2 Å². The van der Waals surface area contributed by atoms with Crippen molar-refractivity contribution in [2.24, 2.45) is 0 Å². The summed E-state index contributed by atoms with van der Waals surface area (Å²) in [6.07, 6.45) is -1.38. The third-order valence-corrected chi connectivity index (χ3v) is 2.89. The van der Waals surface area contributed by atoms with E-state index in [0.29, 0.717) is 12.1 Å². The molecule has 1 N–H and O–H groups in total. The molecule has 2 aromatic carbocycles. The third-order valence-electron chi connectivity index (χ3n) is 2.89. The molecule has 10 heteroatoms. The van der Waals surface area contributed by atoms with E-state index in [2.05, 4.69) is 9.47 Å². The summed E-state index contributed by atoms with van der Waals surface area (Å²) in [5.41, 5.74) is -1.38. The Labute approximate surface area is 156 Å². The van der Waals surface area contributed by atoms with Gasteiger partial charge in [-0.05, 0) is 13.8 Å². The molecule has 0 fully saturated rings.